The molecule has 3 fully saturated rings. The molecule has 10 heteroatoms. The first-order valence-electron chi connectivity index (χ1n) is 13.4. The molecule has 3 unspecified atom stereocenters. The van der Waals surface area contributed by atoms with E-state index >= 15 is 0 Å². The lowest BCUT2D eigenvalue weighted by molar-refractivity contribution is -0.153. The molecule has 1 aromatic rings. The number of esters is 1. The molecular formula is C29H36BrClN2O5S. The number of carbonyl (C=O) groups excluding carboxylic acids is 3. The minimum Gasteiger partial charge on any atom is -0.461 e. The second-order valence-corrected chi connectivity index (χ2v) is 13.5. The Morgan fingerprint density at radius 1 is 1.28 bits per heavy atom. The van der Waals surface area contributed by atoms with Gasteiger partial charge in [-0.1, -0.05) is 71.2 Å². The molecule has 39 heavy (non-hydrogen) atoms. The van der Waals surface area contributed by atoms with Gasteiger partial charge < -0.3 is 19.6 Å². The monoisotopic (exact) mass is 638 g/mol. The molecule has 3 aliphatic heterocycles. The molecule has 0 saturated carbocycles. The van der Waals surface area contributed by atoms with E-state index in [1.165, 1.54) is 6.08 Å². The second-order valence-electron chi connectivity index (χ2n) is 10.4. The third-order valence-electron chi connectivity index (χ3n) is 7.98. The molecule has 0 aliphatic carbocycles. The summed E-state index contributed by atoms with van der Waals surface area (Å²) >= 11 is 12.0. The van der Waals surface area contributed by atoms with Gasteiger partial charge in [0.1, 0.15) is 12.6 Å². The normalized spacial score (nSPS) is 28.9. The van der Waals surface area contributed by atoms with Crippen molar-refractivity contribution in [2.24, 2.45) is 11.8 Å². The zero-order valence-electron chi connectivity index (χ0n) is 22.2. The van der Waals surface area contributed by atoms with Gasteiger partial charge in [0.05, 0.1) is 27.3 Å². The molecule has 3 saturated heterocycles. The number of hydrogen-bond donors (Lipinski definition) is 1. The summed E-state index contributed by atoms with van der Waals surface area (Å²) < 4.78 is 4.69. The standard InChI is InChI=1S/C29H36BrClN2O5S/c1-4-13-32(23-18(3)11-10-12-20(23)31)27(36)25-29-17-19(30)24(39-29)21(28(37)38-16-5-2)22(29)26(35)33(25)14-8-6-7-9-15-34/h4-5,10-12,19,21-22,24-25,34H,1-2,6-9,13-17H2,3H3/t19?,21-,22+,24-,25?,29?/m1/s1. The van der Waals surface area contributed by atoms with Gasteiger partial charge >= 0.3 is 5.97 Å². The van der Waals surface area contributed by atoms with Gasteiger partial charge in [-0.2, -0.15) is 0 Å². The number of unbranched alkanes of at least 4 members (excludes halogenated alkanes) is 3. The van der Waals surface area contributed by atoms with Crippen molar-refractivity contribution in [3.8, 4) is 0 Å². The summed E-state index contributed by atoms with van der Waals surface area (Å²) in [7, 11) is 0. The highest BCUT2D eigenvalue weighted by molar-refractivity contribution is 9.09. The van der Waals surface area contributed by atoms with Crippen molar-refractivity contribution in [2.75, 3.05) is 31.2 Å². The van der Waals surface area contributed by atoms with Crippen molar-refractivity contribution >= 4 is 62.8 Å². The number of amides is 2. The Labute approximate surface area is 248 Å². The topological polar surface area (TPSA) is 87.2 Å². The number of aliphatic hydroxyl groups is 1. The average Bonchev–Trinajstić information content (AvgIpc) is 3.49. The first-order chi connectivity index (χ1) is 18.7. The maximum Gasteiger partial charge on any atom is 0.311 e. The van der Waals surface area contributed by atoms with Crippen LogP contribution in [0.3, 0.4) is 0 Å². The molecular weight excluding hydrogens is 604 g/mol. The number of aryl methyl sites for hydroxylation is 1. The highest BCUT2D eigenvalue weighted by Crippen LogP contribution is 2.68. The molecule has 3 heterocycles. The van der Waals surface area contributed by atoms with E-state index in [0.29, 0.717) is 36.5 Å². The Hall–Kier alpha value is -1.81. The number of rotatable bonds is 13. The Morgan fingerprint density at radius 2 is 2.03 bits per heavy atom. The Balaban J connectivity index is 1.76. The van der Waals surface area contributed by atoms with Gasteiger partial charge in [-0.3, -0.25) is 14.4 Å². The van der Waals surface area contributed by atoms with Crippen LogP contribution in [-0.4, -0.2) is 75.0 Å². The van der Waals surface area contributed by atoms with Gasteiger partial charge in [-0.25, -0.2) is 0 Å². The first-order valence-corrected chi connectivity index (χ1v) is 15.6. The minimum absolute atomic E-state index is 0.0393. The van der Waals surface area contributed by atoms with Crippen LogP contribution in [0.1, 0.15) is 37.7 Å². The molecule has 2 bridgehead atoms. The lowest BCUT2D eigenvalue weighted by Gasteiger charge is -2.38. The number of thioether (sulfide) groups is 1. The lowest BCUT2D eigenvalue weighted by atomic mass is 9.71. The van der Waals surface area contributed by atoms with E-state index in [4.69, 9.17) is 21.4 Å². The SMILES string of the molecule is C=CCOC(=O)[C@H]1[C@@H]2SC3(CC2Br)C(C(=O)N(CC=C)c2c(C)cccc2Cl)N(CCCCCCO)C(=O)[C@H]13. The van der Waals surface area contributed by atoms with Gasteiger partial charge in [0, 0.05) is 29.8 Å². The van der Waals surface area contributed by atoms with Crippen LogP contribution in [0.25, 0.3) is 0 Å². The highest BCUT2D eigenvalue weighted by Gasteiger charge is 2.76. The van der Waals surface area contributed by atoms with Gasteiger partial charge in [-0.15, -0.1) is 18.3 Å². The Bertz CT molecular complexity index is 1110. The van der Waals surface area contributed by atoms with E-state index in [-0.39, 0.29) is 41.6 Å². The summed E-state index contributed by atoms with van der Waals surface area (Å²) in [5, 5.41) is 9.43. The van der Waals surface area contributed by atoms with Crippen LogP contribution in [-0.2, 0) is 19.1 Å². The number of anilines is 1. The van der Waals surface area contributed by atoms with Crippen LogP contribution < -0.4 is 4.90 Å². The third-order valence-corrected chi connectivity index (χ3v) is 11.5. The van der Waals surface area contributed by atoms with Crippen molar-refractivity contribution in [2.45, 2.75) is 59.9 Å². The Kier molecular flexibility index (Phi) is 9.89. The predicted molar refractivity (Wildman–Crippen MR) is 159 cm³/mol. The zero-order valence-corrected chi connectivity index (χ0v) is 25.3. The number of carbonyl (C=O) groups is 3. The average molecular weight is 640 g/mol. The molecule has 6 atom stereocenters. The van der Waals surface area contributed by atoms with Gasteiger partial charge in [0.25, 0.3) is 5.91 Å². The predicted octanol–water partition coefficient (Wildman–Crippen LogP) is 4.91. The van der Waals surface area contributed by atoms with E-state index in [0.717, 1.165) is 18.4 Å². The first kappa shape index (κ1) is 30.2. The number of fused-ring (bicyclic) bond motifs is 1. The molecule has 0 radical (unpaired) electrons. The number of halogens is 2. The maximum atomic E-state index is 14.6. The van der Waals surface area contributed by atoms with Crippen LogP contribution >= 0.6 is 39.3 Å². The third kappa shape index (κ3) is 5.44. The van der Waals surface area contributed by atoms with Gasteiger partial charge in [0.15, 0.2) is 0 Å². The fourth-order valence-corrected chi connectivity index (χ4v) is 10.4. The molecule has 4 rings (SSSR count). The maximum absolute atomic E-state index is 14.6. The molecule has 3 aliphatic rings. The summed E-state index contributed by atoms with van der Waals surface area (Å²) in [6.07, 6.45) is 6.82. The molecule has 2 amide bonds. The smallest absolute Gasteiger partial charge is 0.311 e. The van der Waals surface area contributed by atoms with Crippen molar-refractivity contribution in [3.05, 3.63) is 54.1 Å². The van der Waals surface area contributed by atoms with Crippen LogP contribution in [0.2, 0.25) is 5.02 Å². The van der Waals surface area contributed by atoms with Crippen LogP contribution in [0.5, 0.6) is 0 Å². The number of benzene rings is 1. The highest BCUT2D eigenvalue weighted by atomic mass is 79.9. The van der Waals surface area contributed by atoms with Crippen LogP contribution in [0, 0.1) is 18.8 Å². The summed E-state index contributed by atoms with van der Waals surface area (Å²) in [5.74, 6) is -2.10. The van der Waals surface area contributed by atoms with E-state index < -0.39 is 28.6 Å². The summed E-state index contributed by atoms with van der Waals surface area (Å²) in [6, 6.07) is 4.73. The van der Waals surface area contributed by atoms with Crippen molar-refractivity contribution in [1.29, 1.82) is 0 Å². The fourth-order valence-electron chi connectivity index (χ4n) is 6.44. The van der Waals surface area contributed by atoms with E-state index in [2.05, 4.69) is 29.1 Å². The van der Waals surface area contributed by atoms with E-state index in [1.54, 1.807) is 33.7 Å². The quantitative estimate of drug-likeness (QED) is 0.143. The number of aliphatic hydroxyl groups excluding tert-OH is 1. The largest absolute Gasteiger partial charge is 0.461 e. The lowest BCUT2D eigenvalue weighted by Crippen LogP contribution is -2.55. The summed E-state index contributed by atoms with van der Waals surface area (Å²) in [4.78, 5) is 45.4. The van der Waals surface area contributed by atoms with Gasteiger partial charge in [-0.05, 0) is 37.8 Å². The molecule has 1 N–H and O–H groups in total. The molecule has 0 aromatic heterocycles. The second kappa shape index (κ2) is 12.8. The molecule has 1 spiro atoms. The molecule has 7 nitrogen and oxygen atoms in total. The van der Waals surface area contributed by atoms with Crippen LogP contribution in [0.4, 0.5) is 5.69 Å². The van der Waals surface area contributed by atoms with Crippen LogP contribution in [0.15, 0.2) is 43.5 Å². The summed E-state index contributed by atoms with van der Waals surface area (Å²) in [5.41, 5.74) is 1.45. The number of alkyl halides is 1. The number of likely N-dealkylation sites (tertiary alicyclic amines) is 1. The Morgan fingerprint density at radius 3 is 2.69 bits per heavy atom. The summed E-state index contributed by atoms with van der Waals surface area (Å²) in [6.45, 7) is 10.2. The molecule has 1 aromatic carbocycles. The van der Waals surface area contributed by atoms with E-state index in [9.17, 15) is 14.4 Å². The number of ether oxygens (including phenoxy) is 1. The number of hydrogen-bond acceptors (Lipinski definition) is 6. The zero-order chi connectivity index (χ0) is 28.3. The minimum atomic E-state index is -0.773. The van der Waals surface area contributed by atoms with Crippen molar-refractivity contribution in [3.63, 3.8) is 0 Å². The number of para-hydroxylation sites is 1. The fraction of sp³-hybridized carbons (Fsp3) is 0.552. The van der Waals surface area contributed by atoms with E-state index in [1.807, 2.05) is 19.1 Å². The van der Waals surface area contributed by atoms with Gasteiger partial charge in [0.2, 0.25) is 5.91 Å². The molecule has 212 valence electrons. The van der Waals surface area contributed by atoms with Crippen molar-refractivity contribution in [1.82, 2.24) is 4.90 Å². The van der Waals surface area contributed by atoms with Crippen molar-refractivity contribution < 1.29 is 24.2 Å². The number of nitrogens with zero attached hydrogens (tertiary/aromatic N) is 2.